The number of hydrogen-bond acceptors (Lipinski definition) is 6. The molecule has 0 aliphatic heterocycles. The summed E-state index contributed by atoms with van der Waals surface area (Å²) in [6.07, 6.45) is 5.00. The Morgan fingerprint density at radius 3 is 2.53 bits per heavy atom. The van der Waals surface area contributed by atoms with Crippen LogP contribution in [-0.4, -0.2) is 20.8 Å². The highest BCUT2D eigenvalue weighted by atomic mass is 32.1. The van der Waals surface area contributed by atoms with Crippen LogP contribution in [0.25, 0.3) is 11.3 Å². The zero-order chi connectivity index (χ0) is 20.9. The van der Waals surface area contributed by atoms with Gasteiger partial charge in [-0.1, -0.05) is 6.07 Å². The second kappa shape index (κ2) is 8.58. The van der Waals surface area contributed by atoms with Gasteiger partial charge < -0.3 is 0 Å². The molecule has 2 heterocycles. The van der Waals surface area contributed by atoms with Crippen molar-refractivity contribution in [3.8, 4) is 11.3 Å². The average molecular weight is 419 g/mol. The summed E-state index contributed by atoms with van der Waals surface area (Å²) in [6.45, 7) is 0. The fraction of sp³-hybridized carbons (Fsp3) is 0. The molecule has 0 spiro atoms. The number of pyridine rings is 1. The highest BCUT2D eigenvalue weighted by molar-refractivity contribution is 7.07. The molecular formula is C21H14FN5O2S. The fourth-order valence-corrected chi connectivity index (χ4v) is 3.50. The highest BCUT2D eigenvalue weighted by Crippen LogP contribution is 2.23. The molecule has 2 aromatic carbocycles. The maximum atomic E-state index is 13.2. The number of rotatable bonds is 5. The summed E-state index contributed by atoms with van der Waals surface area (Å²) in [4.78, 5) is 19.7. The lowest BCUT2D eigenvalue weighted by atomic mass is 10.1. The largest absolute Gasteiger partial charge is 0.269 e. The Hall–Kier alpha value is -3.98. The zero-order valence-corrected chi connectivity index (χ0v) is 16.2. The van der Waals surface area contributed by atoms with E-state index in [-0.39, 0.29) is 11.5 Å². The van der Waals surface area contributed by atoms with Gasteiger partial charge in [0, 0.05) is 41.0 Å². The number of aromatic nitrogens is 2. The molecule has 9 heteroatoms. The molecule has 0 bridgehead atoms. The van der Waals surface area contributed by atoms with Crippen molar-refractivity contribution in [2.75, 3.05) is 0 Å². The van der Waals surface area contributed by atoms with Gasteiger partial charge in [-0.2, -0.15) is 5.10 Å². The molecule has 0 radical (unpaired) electrons. The van der Waals surface area contributed by atoms with Gasteiger partial charge in [-0.3, -0.25) is 15.1 Å². The molecule has 30 heavy (non-hydrogen) atoms. The molecule has 0 atom stereocenters. The van der Waals surface area contributed by atoms with Gasteiger partial charge in [0.15, 0.2) is 0 Å². The minimum absolute atomic E-state index is 0.00983. The Morgan fingerprint density at radius 2 is 1.87 bits per heavy atom. The second-order valence-corrected chi connectivity index (χ2v) is 6.98. The van der Waals surface area contributed by atoms with Crippen LogP contribution in [-0.2, 0) is 0 Å². The van der Waals surface area contributed by atoms with Crippen LogP contribution in [0.4, 0.5) is 15.8 Å². The number of benzene rings is 2. The van der Waals surface area contributed by atoms with E-state index in [0.717, 1.165) is 16.8 Å². The Bertz CT molecular complexity index is 1260. The number of non-ortho nitro benzene ring substituents is 1. The molecule has 4 rings (SSSR count). The van der Waals surface area contributed by atoms with Crippen LogP contribution >= 0.6 is 11.3 Å². The Balaban J connectivity index is 1.81. The van der Waals surface area contributed by atoms with E-state index in [1.807, 2.05) is 11.4 Å². The molecule has 0 aliphatic rings. The van der Waals surface area contributed by atoms with E-state index in [9.17, 15) is 14.5 Å². The molecule has 7 nitrogen and oxygen atoms in total. The van der Waals surface area contributed by atoms with E-state index >= 15 is 0 Å². The van der Waals surface area contributed by atoms with Crippen LogP contribution in [0.1, 0.15) is 5.56 Å². The van der Waals surface area contributed by atoms with E-state index in [2.05, 4.69) is 15.1 Å². The van der Waals surface area contributed by atoms with Crippen molar-refractivity contribution < 1.29 is 9.31 Å². The predicted octanol–water partition coefficient (Wildman–Crippen LogP) is 4.77. The first-order chi connectivity index (χ1) is 14.6. The van der Waals surface area contributed by atoms with Crippen molar-refractivity contribution in [3.63, 3.8) is 0 Å². The topological polar surface area (TPSA) is 85.7 Å². The number of halogens is 1. The minimum Gasteiger partial charge on any atom is -0.264 e. The summed E-state index contributed by atoms with van der Waals surface area (Å²) in [5.41, 5.74) is 2.87. The lowest BCUT2D eigenvalue weighted by Gasteiger charge is -2.03. The number of nitrogens with zero attached hydrogens (tertiary/aromatic N) is 5. The summed E-state index contributed by atoms with van der Waals surface area (Å²) in [6, 6.07) is 15.7. The standard InChI is InChI=1S/C21H14FN5O2S/c22-17-5-7-18(8-6-17)25-21-26(24-13-15-2-1-11-23-12-15)20(14-30-21)16-3-9-19(10-4-16)27(28)29/h1-14H. The van der Waals surface area contributed by atoms with Crippen LogP contribution in [0.15, 0.2) is 88.5 Å². The third kappa shape index (κ3) is 4.36. The first-order valence-corrected chi connectivity index (χ1v) is 9.68. The third-order valence-corrected chi connectivity index (χ3v) is 4.93. The maximum Gasteiger partial charge on any atom is 0.269 e. The Labute approximate surface area is 174 Å². The van der Waals surface area contributed by atoms with E-state index < -0.39 is 4.92 Å². The molecule has 2 aromatic heterocycles. The van der Waals surface area contributed by atoms with Crippen LogP contribution in [0.3, 0.4) is 0 Å². The predicted molar refractivity (Wildman–Crippen MR) is 113 cm³/mol. The monoisotopic (exact) mass is 419 g/mol. The number of thiazole rings is 1. The first kappa shape index (κ1) is 19.3. The summed E-state index contributed by atoms with van der Waals surface area (Å²) < 4.78 is 14.8. The van der Waals surface area contributed by atoms with Gasteiger partial charge in [0.25, 0.3) is 5.69 Å². The lowest BCUT2D eigenvalue weighted by Crippen LogP contribution is -2.11. The van der Waals surface area contributed by atoms with Gasteiger partial charge >= 0.3 is 0 Å². The molecule has 0 amide bonds. The van der Waals surface area contributed by atoms with Gasteiger partial charge in [-0.05, 0) is 42.5 Å². The number of hydrogen-bond donors (Lipinski definition) is 0. The molecule has 148 valence electrons. The quantitative estimate of drug-likeness (QED) is 0.265. The Morgan fingerprint density at radius 1 is 1.10 bits per heavy atom. The average Bonchev–Trinajstić information content (AvgIpc) is 3.17. The highest BCUT2D eigenvalue weighted by Gasteiger charge is 2.10. The van der Waals surface area contributed by atoms with Crippen LogP contribution < -0.4 is 4.80 Å². The maximum absolute atomic E-state index is 13.2. The van der Waals surface area contributed by atoms with Gasteiger partial charge in [0.05, 0.1) is 22.5 Å². The normalized spacial score (nSPS) is 11.8. The van der Waals surface area contributed by atoms with Gasteiger partial charge in [0.1, 0.15) is 5.82 Å². The number of nitro benzene ring substituents is 1. The smallest absolute Gasteiger partial charge is 0.264 e. The van der Waals surface area contributed by atoms with Crippen molar-refractivity contribution in [2.45, 2.75) is 0 Å². The van der Waals surface area contributed by atoms with Crippen LogP contribution in [0.5, 0.6) is 0 Å². The van der Waals surface area contributed by atoms with E-state index in [0.29, 0.717) is 10.5 Å². The minimum atomic E-state index is -0.443. The molecule has 0 N–H and O–H groups in total. The molecule has 0 aliphatic carbocycles. The van der Waals surface area contributed by atoms with Crippen LogP contribution in [0.2, 0.25) is 0 Å². The van der Waals surface area contributed by atoms with Gasteiger partial charge in [-0.25, -0.2) is 14.1 Å². The molecule has 4 aromatic rings. The van der Waals surface area contributed by atoms with Crippen molar-refractivity contribution in [1.82, 2.24) is 9.66 Å². The van der Waals surface area contributed by atoms with Crippen molar-refractivity contribution in [3.05, 3.63) is 105 Å². The summed E-state index contributed by atoms with van der Waals surface area (Å²) in [7, 11) is 0. The summed E-state index contributed by atoms with van der Waals surface area (Å²) >= 11 is 1.35. The van der Waals surface area contributed by atoms with Crippen molar-refractivity contribution in [2.24, 2.45) is 10.1 Å². The van der Waals surface area contributed by atoms with Crippen LogP contribution in [0, 0.1) is 15.9 Å². The SMILES string of the molecule is O=[N+]([O-])c1ccc(-c2csc(=Nc3ccc(F)cc3)n2N=Cc2cccnc2)cc1. The summed E-state index contributed by atoms with van der Waals surface area (Å²) in [5, 5.41) is 17.3. The van der Waals surface area contributed by atoms with E-state index in [1.165, 1.54) is 35.6 Å². The molecule has 0 saturated heterocycles. The summed E-state index contributed by atoms with van der Waals surface area (Å²) in [5.74, 6) is -0.339. The Kier molecular flexibility index (Phi) is 5.53. The second-order valence-electron chi connectivity index (χ2n) is 6.14. The lowest BCUT2D eigenvalue weighted by molar-refractivity contribution is -0.384. The molecule has 0 fully saturated rings. The van der Waals surface area contributed by atoms with E-state index in [4.69, 9.17) is 0 Å². The van der Waals surface area contributed by atoms with Gasteiger partial charge in [-0.15, -0.1) is 11.3 Å². The zero-order valence-electron chi connectivity index (χ0n) is 15.4. The first-order valence-electron chi connectivity index (χ1n) is 8.80. The fourth-order valence-electron chi connectivity index (χ4n) is 2.64. The molecular weight excluding hydrogens is 405 g/mol. The van der Waals surface area contributed by atoms with Crippen molar-refractivity contribution >= 4 is 28.9 Å². The van der Waals surface area contributed by atoms with Crippen molar-refractivity contribution in [1.29, 1.82) is 0 Å². The molecule has 0 saturated carbocycles. The van der Waals surface area contributed by atoms with E-state index in [1.54, 1.807) is 53.6 Å². The molecule has 0 unspecified atom stereocenters. The number of nitro groups is 1. The van der Waals surface area contributed by atoms with Gasteiger partial charge in [0.2, 0.25) is 4.80 Å². The third-order valence-electron chi connectivity index (χ3n) is 4.12.